The molecule has 0 atom stereocenters. The third kappa shape index (κ3) is 2.22. The van der Waals surface area contributed by atoms with E-state index in [2.05, 4.69) is 4.98 Å². The van der Waals surface area contributed by atoms with Gasteiger partial charge in [0.25, 0.3) is 5.69 Å². The summed E-state index contributed by atoms with van der Waals surface area (Å²) in [5.74, 6) is 0.270. The Morgan fingerprint density at radius 2 is 2.22 bits per heavy atom. The van der Waals surface area contributed by atoms with Gasteiger partial charge in [-0.05, 0) is 12.5 Å². The van der Waals surface area contributed by atoms with Crippen LogP contribution in [0.3, 0.4) is 0 Å². The lowest BCUT2D eigenvalue weighted by molar-refractivity contribution is -0.383. The zero-order chi connectivity index (χ0) is 13.1. The van der Waals surface area contributed by atoms with E-state index >= 15 is 0 Å². The molecule has 0 unspecified atom stereocenters. The Kier molecular flexibility index (Phi) is 3.62. The van der Waals surface area contributed by atoms with Crippen molar-refractivity contribution in [3.63, 3.8) is 0 Å². The van der Waals surface area contributed by atoms with Crippen molar-refractivity contribution in [1.29, 1.82) is 0 Å². The number of alkyl halides is 1. The fourth-order valence-corrected chi connectivity index (χ4v) is 2.03. The number of nitrogens with one attached hydrogen (secondary N) is 1. The van der Waals surface area contributed by atoms with Gasteiger partial charge >= 0.3 is 0 Å². The highest BCUT2D eigenvalue weighted by atomic mass is 35.5. The van der Waals surface area contributed by atoms with Crippen molar-refractivity contribution >= 4 is 34.0 Å². The van der Waals surface area contributed by atoms with Crippen LogP contribution in [-0.4, -0.2) is 21.6 Å². The maximum absolute atomic E-state index is 12.0. The third-order valence-electron chi connectivity index (χ3n) is 2.72. The van der Waals surface area contributed by atoms with Gasteiger partial charge in [-0.3, -0.25) is 14.9 Å². The smallest absolute Gasteiger partial charge is 0.279 e. The highest BCUT2D eigenvalue weighted by Crippen LogP contribution is 2.29. The van der Waals surface area contributed by atoms with Gasteiger partial charge in [0, 0.05) is 30.1 Å². The number of nitro groups is 1. The Morgan fingerprint density at radius 1 is 1.44 bits per heavy atom. The number of nitro benzene ring substituents is 1. The van der Waals surface area contributed by atoms with Crippen molar-refractivity contribution in [2.75, 3.05) is 5.88 Å². The number of Topliss-reactive ketones (excluding diaryl/α,β-unsaturated/α-hetero) is 1. The summed E-state index contributed by atoms with van der Waals surface area (Å²) in [6.07, 6.45) is 2.38. The summed E-state index contributed by atoms with van der Waals surface area (Å²) < 4.78 is 0. The lowest BCUT2D eigenvalue weighted by atomic mass is 10.0. The number of hydrogen-bond acceptors (Lipinski definition) is 3. The van der Waals surface area contributed by atoms with Gasteiger partial charge in [0.2, 0.25) is 0 Å². The van der Waals surface area contributed by atoms with E-state index in [-0.39, 0.29) is 11.5 Å². The van der Waals surface area contributed by atoms with Crippen molar-refractivity contribution in [3.05, 3.63) is 40.1 Å². The van der Waals surface area contributed by atoms with Crippen LogP contribution in [0, 0.1) is 10.1 Å². The highest BCUT2D eigenvalue weighted by Gasteiger charge is 2.20. The first kappa shape index (κ1) is 12.6. The molecule has 0 aliphatic rings. The van der Waals surface area contributed by atoms with Gasteiger partial charge in [0.1, 0.15) is 0 Å². The molecule has 1 aromatic carbocycles. The molecule has 1 N–H and O–H groups in total. The van der Waals surface area contributed by atoms with Crippen LogP contribution >= 0.6 is 11.6 Å². The Hall–Kier alpha value is -1.88. The number of halogens is 1. The number of H-pyrrole nitrogens is 1. The first-order valence-electron chi connectivity index (χ1n) is 5.49. The van der Waals surface area contributed by atoms with Crippen LogP contribution in [0.25, 0.3) is 10.9 Å². The summed E-state index contributed by atoms with van der Waals surface area (Å²) in [5, 5.41) is 11.3. The molecule has 0 spiro atoms. The van der Waals surface area contributed by atoms with Crippen molar-refractivity contribution < 1.29 is 9.72 Å². The summed E-state index contributed by atoms with van der Waals surface area (Å²) >= 11 is 5.54. The number of nitrogens with zero attached hydrogens (tertiary/aromatic N) is 1. The third-order valence-corrected chi connectivity index (χ3v) is 2.99. The van der Waals surface area contributed by atoms with E-state index in [0.717, 1.165) is 0 Å². The standard InChI is InChI=1S/C12H11ClN2O3/c13-6-2-5-11(16)8-7-14-9-3-1-4-10(12(8)9)15(17)18/h1,3-4,7,14H,2,5-6H2. The summed E-state index contributed by atoms with van der Waals surface area (Å²) in [5.41, 5.74) is 0.906. The number of benzene rings is 1. The largest absolute Gasteiger partial charge is 0.360 e. The highest BCUT2D eigenvalue weighted by molar-refractivity contribution is 6.18. The van der Waals surface area contributed by atoms with Crippen LogP contribution in [0.2, 0.25) is 0 Å². The minimum atomic E-state index is -0.478. The predicted molar refractivity (Wildman–Crippen MR) is 69.2 cm³/mol. The summed E-state index contributed by atoms with van der Waals surface area (Å²) in [4.78, 5) is 25.3. The molecule has 6 heteroatoms. The Morgan fingerprint density at radius 3 is 2.89 bits per heavy atom. The van der Waals surface area contributed by atoms with Crippen LogP contribution in [-0.2, 0) is 0 Å². The molecule has 5 nitrogen and oxygen atoms in total. The van der Waals surface area contributed by atoms with E-state index in [9.17, 15) is 14.9 Å². The molecule has 18 heavy (non-hydrogen) atoms. The minimum Gasteiger partial charge on any atom is -0.360 e. The summed E-state index contributed by atoms with van der Waals surface area (Å²) in [7, 11) is 0. The fraction of sp³-hybridized carbons (Fsp3) is 0.250. The SMILES string of the molecule is O=C(CCCCl)c1c[nH]c2cccc([N+](=O)[O-])c12. The van der Waals surface area contributed by atoms with Crippen molar-refractivity contribution in [1.82, 2.24) is 4.98 Å². The number of carbonyl (C=O) groups is 1. The molecule has 2 aromatic rings. The molecule has 2 rings (SSSR count). The van der Waals surface area contributed by atoms with E-state index in [4.69, 9.17) is 11.6 Å². The van der Waals surface area contributed by atoms with Crippen molar-refractivity contribution in [2.45, 2.75) is 12.8 Å². The molecule has 0 amide bonds. The van der Waals surface area contributed by atoms with E-state index in [1.165, 1.54) is 12.3 Å². The van der Waals surface area contributed by atoms with Crippen molar-refractivity contribution in [2.24, 2.45) is 0 Å². The quantitative estimate of drug-likeness (QED) is 0.390. The Bertz CT molecular complexity index is 606. The van der Waals surface area contributed by atoms with Gasteiger partial charge in [-0.15, -0.1) is 11.6 Å². The second-order valence-corrected chi connectivity index (χ2v) is 4.25. The number of carbonyl (C=O) groups excluding carboxylic acids is 1. The fourth-order valence-electron chi connectivity index (χ4n) is 1.90. The van der Waals surface area contributed by atoms with E-state index < -0.39 is 4.92 Å². The molecule has 0 bridgehead atoms. The van der Waals surface area contributed by atoms with Gasteiger partial charge in [0.05, 0.1) is 15.8 Å². The average Bonchev–Trinajstić information content (AvgIpc) is 2.79. The molecule has 0 aliphatic carbocycles. The van der Waals surface area contributed by atoms with Crippen LogP contribution in [0.15, 0.2) is 24.4 Å². The van der Waals surface area contributed by atoms with Crippen LogP contribution < -0.4 is 0 Å². The number of aromatic amines is 1. The lowest BCUT2D eigenvalue weighted by Crippen LogP contribution is -1.99. The van der Waals surface area contributed by atoms with Gasteiger partial charge in [-0.2, -0.15) is 0 Å². The minimum absolute atomic E-state index is 0.0528. The zero-order valence-electron chi connectivity index (χ0n) is 9.48. The number of fused-ring (bicyclic) bond motifs is 1. The van der Waals surface area contributed by atoms with Gasteiger partial charge in [-0.1, -0.05) is 6.07 Å². The second-order valence-electron chi connectivity index (χ2n) is 3.87. The van der Waals surface area contributed by atoms with E-state index in [1.54, 1.807) is 12.1 Å². The molecule has 0 saturated heterocycles. The Labute approximate surface area is 108 Å². The molecule has 1 aromatic heterocycles. The lowest BCUT2D eigenvalue weighted by Gasteiger charge is -1.99. The molecule has 0 fully saturated rings. The molecular weight excluding hydrogens is 256 g/mol. The molecule has 94 valence electrons. The second kappa shape index (κ2) is 5.18. The molecule has 0 aliphatic heterocycles. The van der Waals surface area contributed by atoms with Crippen molar-refractivity contribution in [3.8, 4) is 0 Å². The van der Waals surface area contributed by atoms with Gasteiger partial charge in [-0.25, -0.2) is 0 Å². The van der Waals surface area contributed by atoms with Crippen LogP contribution in [0.1, 0.15) is 23.2 Å². The summed E-state index contributed by atoms with van der Waals surface area (Å²) in [6, 6.07) is 4.69. The zero-order valence-corrected chi connectivity index (χ0v) is 10.2. The van der Waals surface area contributed by atoms with E-state index in [0.29, 0.717) is 35.2 Å². The number of aromatic nitrogens is 1. The number of non-ortho nitro benzene ring substituents is 1. The molecule has 0 radical (unpaired) electrons. The molecular formula is C12H11ClN2O3. The maximum Gasteiger partial charge on any atom is 0.279 e. The summed E-state index contributed by atoms with van der Waals surface area (Å²) in [6.45, 7) is 0. The maximum atomic E-state index is 12.0. The number of ketones is 1. The van der Waals surface area contributed by atoms with Gasteiger partial charge in [0.15, 0.2) is 5.78 Å². The molecule has 0 saturated carbocycles. The normalized spacial score (nSPS) is 10.7. The number of hydrogen-bond donors (Lipinski definition) is 1. The number of rotatable bonds is 5. The van der Waals surface area contributed by atoms with E-state index in [1.807, 2.05) is 0 Å². The first-order valence-corrected chi connectivity index (χ1v) is 6.02. The first-order chi connectivity index (χ1) is 8.65. The van der Waals surface area contributed by atoms with Crippen LogP contribution in [0.4, 0.5) is 5.69 Å². The Balaban J connectivity index is 2.51. The monoisotopic (exact) mass is 266 g/mol. The topological polar surface area (TPSA) is 76.0 Å². The predicted octanol–water partition coefficient (Wildman–Crippen LogP) is 3.28. The molecule has 1 heterocycles. The van der Waals surface area contributed by atoms with Gasteiger partial charge < -0.3 is 4.98 Å². The van der Waals surface area contributed by atoms with Crippen LogP contribution in [0.5, 0.6) is 0 Å². The average molecular weight is 267 g/mol.